The molecule has 0 N–H and O–H groups in total. The molecule has 2 aliphatic heterocycles. The van der Waals surface area contributed by atoms with Gasteiger partial charge in [0.25, 0.3) is 0 Å². The molecule has 0 amide bonds. The van der Waals surface area contributed by atoms with Gasteiger partial charge in [-0.05, 0) is 35.9 Å². The zero-order chi connectivity index (χ0) is 19.1. The fourth-order valence-corrected chi connectivity index (χ4v) is 3.87. The van der Waals surface area contributed by atoms with Gasteiger partial charge in [-0.2, -0.15) is 5.10 Å². The molecule has 0 aromatic heterocycles. The molecule has 0 unspecified atom stereocenters. The van der Waals surface area contributed by atoms with Crippen molar-refractivity contribution in [1.29, 1.82) is 0 Å². The Kier molecular flexibility index (Phi) is 4.01. The van der Waals surface area contributed by atoms with Gasteiger partial charge < -0.3 is 9.47 Å². The van der Waals surface area contributed by atoms with E-state index in [9.17, 15) is 4.39 Å². The third kappa shape index (κ3) is 2.80. The van der Waals surface area contributed by atoms with Crippen LogP contribution in [0.25, 0.3) is 0 Å². The summed E-state index contributed by atoms with van der Waals surface area (Å²) in [4.78, 5) is 0. The Labute approximate surface area is 162 Å². The summed E-state index contributed by atoms with van der Waals surface area (Å²) in [5.41, 5.74) is 3.95. The molecule has 3 aromatic rings. The highest BCUT2D eigenvalue weighted by atomic mass is 19.1. The molecule has 0 fully saturated rings. The van der Waals surface area contributed by atoms with Crippen molar-refractivity contribution in [3.05, 3.63) is 95.3 Å². The van der Waals surface area contributed by atoms with Crippen LogP contribution in [0.3, 0.4) is 0 Å². The quantitative estimate of drug-likeness (QED) is 0.641. The highest BCUT2D eigenvalue weighted by Gasteiger charge is 2.40. The predicted octanol–water partition coefficient (Wildman–Crippen LogP) is 5.08. The summed E-state index contributed by atoms with van der Waals surface area (Å²) in [5, 5.41) is 6.89. The topological polar surface area (TPSA) is 34.1 Å². The highest BCUT2D eigenvalue weighted by molar-refractivity contribution is 6.01. The van der Waals surface area contributed by atoms with E-state index in [1.165, 1.54) is 12.1 Å². The van der Waals surface area contributed by atoms with Gasteiger partial charge in [0.15, 0.2) is 0 Å². The number of hydrogen-bond acceptors (Lipinski definition) is 4. The average molecular weight is 374 g/mol. The Morgan fingerprint density at radius 3 is 2.68 bits per heavy atom. The molecule has 2 heterocycles. The van der Waals surface area contributed by atoms with Crippen LogP contribution >= 0.6 is 0 Å². The summed E-state index contributed by atoms with van der Waals surface area (Å²) in [6.07, 6.45) is 0.389. The molecule has 2 atom stereocenters. The van der Waals surface area contributed by atoms with Gasteiger partial charge in [0, 0.05) is 17.5 Å². The molecule has 5 heteroatoms. The fourth-order valence-electron chi connectivity index (χ4n) is 3.87. The zero-order valence-corrected chi connectivity index (χ0v) is 15.4. The number of nitrogens with zero attached hydrogens (tertiary/aromatic N) is 2. The van der Waals surface area contributed by atoms with E-state index >= 15 is 0 Å². The summed E-state index contributed by atoms with van der Waals surface area (Å²) in [6, 6.07) is 22.5. The van der Waals surface area contributed by atoms with Crippen LogP contribution in [0, 0.1) is 5.82 Å². The first kappa shape index (κ1) is 16.8. The summed E-state index contributed by atoms with van der Waals surface area (Å²) >= 11 is 0. The van der Waals surface area contributed by atoms with E-state index in [1.807, 2.05) is 47.5 Å². The van der Waals surface area contributed by atoms with E-state index in [0.717, 1.165) is 40.3 Å². The van der Waals surface area contributed by atoms with Crippen LogP contribution in [0.1, 0.15) is 35.4 Å². The second-order valence-corrected chi connectivity index (χ2v) is 6.94. The van der Waals surface area contributed by atoms with Crippen molar-refractivity contribution in [1.82, 2.24) is 5.01 Å². The number of ether oxygens (including phenoxy) is 2. The van der Waals surface area contributed by atoms with Crippen molar-refractivity contribution in [3.8, 4) is 11.5 Å². The molecular formula is C23H19FN2O2. The summed E-state index contributed by atoms with van der Waals surface area (Å²) < 4.78 is 25.1. The van der Waals surface area contributed by atoms with Gasteiger partial charge >= 0.3 is 0 Å². The van der Waals surface area contributed by atoms with Crippen molar-refractivity contribution in [3.63, 3.8) is 0 Å². The van der Waals surface area contributed by atoms with Gasteiger partial charge in [-0.25, -0.2) is 9.40 Å². The maximum absolute atomic E-state index is 13.3. The molecule has 0 saturated heterocycles. The Bertz CT molecular complexity index is 1050. The second-order valence-electron chi connectivity index (χ2n) is 6.94. The van der Waals surface area contributed by atoms with Gasteiger partial charge in [0.05, 0.1) is 18.9 Å². The maximum atomic E-state index is 13.3. The monoisotopic (exact) mass is 374 g/mol. The number of halogens is 1. The van der Waals surface area contributed by atoms with Crippen LogP contribution in [-0.4, -0.2) is 17.8 Å². The fraction of sp³-hybridized carbons (Fsp3) is 0.174. The van der Waals surface area contributed by atoms with Crippen LogP contribution in [-0.2, 0) is 0 Å². The van der Waals surface area contributed by atoms with Gasteiger partial charge in [0.2, 0.25) is 6.23 Å². The lowest BCUT2D eigenvalue weighted by molar-refractivity contribution is -0.0191. The van der Waals surface area contributed by atoms with Gasteiger partial charge in [-0.1, -0.05) is 42.5 Å². The molecule has 140 valence electrons. The first-order valence-corrected chi connectivity index (χ1v) is 9.24. The minimum Gasteiger partial charge on any atom is -0.497 e. The lowest BCUT2D eigenvalue weighted by Crippen LogP contribution is -2.33. The van der Waals surface area contributed by atoms with Crippen LogP contribution in [0.5, 0.6) is 11.5 Å². The number of rotatable bonds is 3. The zero-order valence-electron chi connectivity index (χ0n) is 15.4. The molecule has 2 aliphatic rings. The van der Waals surface area contributed by atoms with Crippen molar-refractivity contribution in [2.24, 2.45) is 5.10 Å². The van der Waals surface area contributed by atoms with E-state index in [0.29, 0.717) is 0 Å². The lowest BCUT2D eigenvalue weighted by atomic mass is 9.96. The van der Waals surface area contributed by atoms with Gasteiger partial charge in [-0.3, -0.25) is 0 Å². The molecule has 0 bridgehead atoms. The van der Waals surface area contributed by atoms with Crippen LogP contribution in [0.4, 0.5) is 4.39 Å². The lowest BCUT2D eigenvalue weighted by Gasteiger charge is -2.38. The van der Waals surface area contributed by atoms with Crippen LogP contribution in [0.15, 0.2) is 77.9 Å². The Hall–Kier alpha value is -3.34. The summed E-state index contributed by atoms with van der Waals surface area (Å²) in [7, 11) is 1.65. The molecule has 4 nitrogen and oxygen atoms in total. The largest absolute Gasteiger partial charge is 0.497 e. The SMILES string of the molecule is COc1cccc([C@@H]2Oc3ccccc3[C@H]3CC(c4ccc(F)cc4)=NN32)c1. The molecule has 5 rings (SSSR count). The number of benzene rings is 3. The predicted molar refractivity (Wildman–Crippen MR) is 105 cm³/mol. The number of fused-ring (bicyclic) bond motifs is 3. The van der Waals surface area contributed by atoms with Gasteiger partial charge in [-0.15, -0.1) is 0 Å². The number of methoxy groups -OCH3 is 1. The number of hydrogen-bond donors (Lipinski definition) is 0. The molecule has 0 radical (unpaired) electrons. The Morgan fingerprint density at radius 2 is 1.86 bits per heavy atom. The summed E-state index contributed by atoms with van der Waals surface area (Å²) in [5.74, 6) is 1.40. The number of hydrazone groups is 1. The van der Waals surface area contributed by atoms with Crippen molar-refractivity contribution in [2.75, 3.05) is 7.11 Å². The van der Waals surface area contributed by atoms with E-state index in [2.05, 4.69) is 6.07 Å². The third-order valence-electron chi connectivity index (χ3n) is 5.26. The van der Waals surface area contributed by atoms with Crippen LogP contribution < -0.4 is 9.47 Å². The van der Waals surface area contributed by atoms with E-state index in [1.54, 1.807) is 19.2 Å². The van der Waals surface area contributed by atoms with Crippen molar-refractivity contribution in [2.45, 2.75) is 18.7 Å². The highest BCUT2D eigenvalue weighted by Crippen LogP contribution is 2.47. The minimum absolute atomic E-state index is 0.0706. The summed E-state index contributed by atoms with van der Waals surface area (Å²) in [6.45, 7) is 0. The number of para-hydroxylation sites is 1. The van der Waals surface area contributed by atoms with E-state index in [-0.39, 0.29) is 18.1 Å². The standard InChI is InChI=1S/C23H19FN2O2/c1-27-18-6-4-5-16(13-18)23-26-21(19-7-2-3-8-22(19)28-23)14-20(25-26)15-9-11-17(24)12-10-15/h2-13,21,23H,14H2,1H3/t21-,23+/m1/s1. The Morgan fingerprint density at radius 1 is 1.04 bits per heavy atom. The molecule has 0 saturated carbocycles. The van der Waals surface area contributed by atoms with Crippen molar-refractivity contribution >= 4 is 5.71 Å². The van der Waals surface area contributed by atoms with Crippen molar-refractivity contribution < 1.29 is 13.9 Å². The van der Waals surface area contributed by atoms with E-state index in [4.69, 9.17) is 14.6 Å². The normalized spacial score (nSPS) is 20.1. The Balaban J connectivity index is 1.59. The maximum Gasteiger partial charge on any atom is 0.214 e. The van der Waals surface area contributed by atoms with E-state index < -0.39 is 0 Å². The molecule has 3 aromatic carbocycles. The molecular weight excluding hydrogens is 355 g/mol. The van der Waals surface area contributed by atoms with Crippen LogP contribution in [0.2, 0.25) is 0 Å². The molecule has 28 heavy (non-hydrogen) atoms. The smallest absolute Gasteiger partial charge is 0.214 e. The molecule has 0 spiro atoms. The van der Waals surface area contributed by atoms with Gasteiger partial charge in [0.1, 0.15) is 17.3 Å². The second kappa shape index (κ2) is 6.68. The minimum atomic E-state index is -0.354. The first-order chi connectivity index (χ1) is 13.7. The average Bonchev–Trinajstić information content (AvgIpc) is 3.19. The third-order valence-corrected chi connectivity index (χ3v) is 5.26. The molecule has 0 aliphatic carbocycles. The first-order valence-electron chi connectivity index (χ1n) is 9.24.